The van der Waals surface area contributed by atoms with E-state index in [1.54, 1.807) is 73.8 Å². The van der Waals surface area contributed by atoms with Crippen LogP contribution in [0.4, 0.5) is 11.4 Å². The van der Waals surface area contributed by atoms with Gasteiger partial charge in [-0.1, -0.05) is 24.3 Å². The molecule has 0 saturated heterocycles. The number of hydrogen-bond acceptors (Lipinski definition) is 6. The highest BCUT2D eigenvalue weighted by molar-refractivity contribution is 5.95. The number of amides is 2. The van der Waals surface area contributed by atoms with Crippen molar-refractivity contribution in [3.63, 3.8) is 0 Å². The van der Waals surface area contributed by atoms with Crippen LogP contribution < -0.4 is 29.6 Å². The lowest BCUT2D eigenvalue weighted by atomic mass is 10.2. The number of methoxy groups -OCH3 is 2. The summed E-state index contributed by atoms with van der Waals surface area (Å²) in [5.41, 5.74) is 1.04. The number of benzene rings is 3. The van der Waals surface area contributed by atoms with Crippen molar-refractivity contribution in [1.82, 2.24) is 0 Å². The predicted molar refractivity (Wildman–Crippen MR) is 121 cm³/mol. The lowest BCUT2D eigenvalue weighted by Crippen LogP contribution is -2.21. The first-order valence-corrected chi connectivity index (χ1v) is 9.80. The topological polar surface area (TPSA) is 95.1 Å². The fraction of sp³-hybridized carbons (Fsp3) is 0.167. The van der Waals surface area contributed by atoms with Crippen LogP contribution in [0.1, 0.15) is 0 Å². The van der Waals surface area contributed by atoms with E-state index in [1.165, 1.54) is 7.11 Å². The van der Waals surface area contributed by atoms with E-state index >= 15 is 0 Å². The molecule has 8 heteroatoms. The Labute approximate surface area is 186 Å². The summed E-state index contributed by atoms with van der Waals surface area (Å²) in [5.74, 6) is 1.50. The molecular weight excluding hydrogens is 412 g/mol. The van der Waals surface area contributed by atoms with Crippen LogP contribution in [0.25, 0.3) is 0 Å². The summed E-state index contributed by atoms with van der Waals surface area (Å²) in [7, 11) is 3.09. The Morgan fingerprint density at radius 3 is 1.91 bits per heavy atom. The fourth-order valence-electron chi connectivity index (χ4n) is 2.79. The van der Waals surface area contributed by atoms with E-state index < -0.39 is 0 Å². The molecule has 3 rings (SSSR count). The molecule has 0 aliphatic carbocycles. The Hall–Kier alpha value is -4.20. The number of carbonyl (C=O) groups excluding carboxylic acids is 2. The number of rotatable bonds is 10. The molecule has 32 heavy (non-hydrogen) atoms. The summed E-state index contributed by atoms with van der Waals surface area (Å²) in [6, 6.07) is 20.8. The molecule has 0 unspecified atom stereocenters. The average molecular weight is 436 g/mol. The van der Waals surface area contributed by atoms with E-state index in [4.69, 9.17) is 18.9 Å². The predicted octanol–water partition coefficient (Wildman–Crippen LogP) is 3.74. The first-order valence-electron chi connectivity index (χ1n) is 9.80. The van der Waals surface area contributed by atoms with E-state index in [9.17, 15) is 9.59 Å². The van der Waals surface area contributed by atoms with Crippen molar-refractivity contribution in [1.29, 1.82) is 0 Å². The second kappa shape index (κ2) is 11.3. The SMILES string of the molecule is COc1cccc(OCC(=O)Nc2cccc(NC(=O)COc3ccccc3OC)c2)c1. The molecule has 0 saturated carbocycles. The van der Waals surface area contributed by atoms with Crippen molar-refractivity contribution in [2.75, 3.05) is 38.1 Å². The highest BCUT2D eigenvalue weighted by atomic mass is 16.5. The van der Waals surface area contributed by atoms with Gasteiger partial charge in [-0.25, -0.2) is 0 Å². The summed E-state index contributed by atoms with van der Waals surface area (Å²) in [6.07, 6.45) is 0. The largest absolute Gasteiger partial charge is 0.497 e. The Balaban J connectivity index is 1.49. The van der Waals surface area contributed by atoms with E-state index in [-0.39, 0.29) is 25.0 Å². The van der Waals surface area contributed by atoms with Crippen LogP contribution in [0.3, 0.4) is 0 Å². The van der Waals surface area contributed by atoms with Gasteiger partial charge in [-0.3, -0.25) is 9.59 Å². The normalized spacial score (nSPS) is 10.1. The molecule has 0 aromatic heterocycles. The Morgan fingerprint density at radius 2 is 1.25 bits per heavy atom. The van der Waals surface area contributed by atoms with Gasteiger partial charge in [0.2, 0.25) is 0 Å². The number of nitrogens with one attached hydrogen (secondary N) is 2. The molecule has 8 nitrogen and oxygen atoms in total. The molecule has 0 bridgehead atoms. The zero-order valence-corrected chi connectivity index (χ0v) is 17.8. The molecule has 166 valence electrons. The van der Waals surface area contributed by atoms with E-state index in [0.717, 1.165) is 0 Å². The Kier molecular flexibility index (Phi) is 7.91. The third kappa shape index (κ3) is 6.66. The number of anilines is 2. The minimum absolute atomic E-state index is 0.170. The van der Waals surface area contributed by atoms with Crippen LogP contribution in [0, 0.1) is 0 Å². The highest BCUT2D eigenvalue weighted by Crippen LogP contribution is 2.25. The first kappa shape index (κ1) is 22.5. The minimum atomic E-state index is -0.347. The smallest absolute Gasteiger partial charge is 0.262 e. The number of ether oxygens (including phenoxy) is 4. The van der Waals surface area contributed by atoms with Gasteiger partial charge in [0.25, 0.3) is 11.8 Å². The van der Waals surface area contributed by atoms with Gasteiger partial charge in [0.15, 0.2) is 24.7 Å². The van der Waals surface area contributed by atoms with Crippen molar-refractivity contribution >= 4 is 23.2 Å². The third-order valence-corrected chi connectivity index (χ3v) is 4.27. The van der Waals surface area contributed by atoms with E-state index in [0.29, 0.717) is 34.4 Å². The molecule has 2 amide bonds. The van der Waals surface area contributed by atoms with E-state index in [2.05, 4.69) is 10.6 Å². The van der Waals surface area contributed by atoms with Gasteiger partial charge < -0.3 is 29.6 Å². The minimum Gasteiger partial charge on any atom is -0.497 e. The van der Waals surface area contributed by atoms with Crippen molar-refractivity contribution in [3.05, 3.63) is 72.8 Å². The number of hydrogen-bond donors (Lipinski definition) is 2. The monoisotopic (exact) mass is 436 g/mol. The van der Waals surface area contributed by atoms with Crippen LogP contribution in [0.15, 0.2) is 72.8 Å². The van der Waals surface area contributed by atoms with Gasteiger partial charge in [0.05, 0.1) is 14.2 Å². The third-order valence-electron chi connectivity index (χ3n) is 4.27. The summed E-state index contributed by atoms with van der Waals surface area (Å²) >= 11 is 0. The molecule has 0 spiro atoms. The van der Waals surface area contributed by atoms with Gasteiger partial charge in [0.1, 0.15) is 11.5 Å². The maximum atomic E-state index is 12.2. The van der Waals surface area contributed by atoms with Crippen molar-refractivity contribution in [2.45, 2.75) is 0 Å². The standard InChI is InChI=1S/C24H24N2O6/c1-29-19-9-6-10-20(14-19)31-15-23(27)25-17-7-5-8-18(13-17)26-24(28)16-32-22-12-4-3-11-21(22)30-2/h3-14H,15-16H2,1-2H3,(H,25,27)(H,26,28). The van der Waals surface area contributed by atoms with Crippen molar-refractivity contribution < 1.29 is 28.5 Å². The average Bonchev–Trinajstić information content (AvgIpc) is 2.82. The van der Waals surface area contributed by atoms with Crippen LogP contribution in [-0.4, -0.2) is 39.2 Å². The number of carbonyl (C=O) groups is 2. The quantitative estimate of drug-likeness (QED) is 0.503. The fourth-order valence-corrected chi connectivity index (χ4v) is 2.79. The van der Waals surface area contributed by atoms with Crippen LogP contribution in [0.5, 0.6) is 23.0 Å². The van der Waals surface area contributed by atoms with Crippen LogP contribution in [-0.2, 0) is 9.59 Å². The summed E-state index contributed by atoms with van der Waals surface area (Å²) in [6.45, 7) is -0.359. The van der Waals surface area contributed by atoms with Gasteiger partial charge in [0, 0.05) is 17.4 Å². The molecule has 2 N–H and O–H groups in total. The highest BCUT2D eigenvalue weighted by Gasteiger charge is 2.09. The van der Waals surface area contributed by atoms with Gasteiger partial charge in [-0.2, -0.15) is 0 Å². The van der Waals surface area contributed by atoms with Gasteiger partial charge in [-0.05, 0) is 42.5 Å². The molecule has 0 fully saturated rings. The molecule has 3 aromatic carbocycles. The number of para-hydroxylation sites is 2. The lowest BCUT2D eigenvalue weighted by molar-refractivity contribution is -0.118. The molecule has 0 aliphatic heterocycles. The summed E-state index contributed by atoms with van der Waals surface area (Å²) < 4.78 is 21.3. The molecule has 0 radical (unpaired) electrons. The Morgan fingerprint density at radius 1 is 0.656 bits per heavy atom. The summed E-state index contributed by atoms with van der Waals surface area (Å²) in [5, 5.41) is 5.47. The van der Waals surface area contributed by atoms with Crippen molar-refractivity contribution in [3.8, 4) is 23.0 Å². The maximum absolute atomic E-state index is 12.2. The second-order valence-corrected chi connectivity index (χ2v) is 6.58. The van der Waals surface area contributed by atoms with Gasteiger partial charge >= 0.3 is 0 Å². The Bertz CT molecular complexity index is 1070. The molecule has 0 aliphatic rings. The zero-order chi connectivity index (χ0) is 22.8. The van der Waals surface area contributed by atoms with Crippen LogP contribution in [0.2, 0.25) is 0 Å². The zero-order valence-electron chi connectivity index (χ0n) is 17.8. The molecule has 0 heterocycles. The molecule has 3 aromatic rings. The second-order valence-electron chi connectivity index (χ2n) is 6.58. The summed E-state index contributed by atoms with van der Waals surface area (Å²) in [4.78, 5) is 24.4. The van der Waals surface area contributed by atoms with Crippen molar-refractivity contribution in [2.24, 2.45) is 0 Å². The maximum Gasteiger partial charge on any atom is 0.262 e. The van der Waals surface area contributed by atoms with Crippen LogP contribution >= 0.6 is 0 Å². The first-order chi connectivity index (χ1) is 15.6. The van der Waals surface area contributed by atoms with E-state index in [1.807, 2.05) is 6.07 Å². The molecule has 0 atom stereocenters. The molecular formula is C24H24N2O6. The van der Waals surface area contributed by atoms with Gasteiger partial charge in [-0.15, -0.1) is 0 Å². The lowest BCUT2D eigenvalue weighted by Gasteiger charge is -2.12.